The lowest BCUT2D eigenvalue weighted by Crippen LogP contribution is -2.45. The van der Waals surface area contributed by atoms with Crippen LogP contribution in [0.4, 0.5) is 0 Å². The van der Waals surface area contributed by atoms with Crippen LogP contribution >= 0.6 is 0 Å². The molecule has 3 aliphatic heterocycles. The van der Waals surface area contributed by atoms with Crippen LogP contribution < -0.4 is 19.9 Å². The molecular weight excluding hydrogens is 482 g/mol. The first-order valence-corrected chi connectivity index (χ1v) is 14.3. The van der Waals surface area contributed by atoms with Crippen molar-refractivity contribution in [2.75, 3.05) is 13.1 Å². The van der Waals surface area contributed by atoms with E-state index in [0.29, 0.717) is 5.56 Å². The molecule has 7 rings (SSSR count). The number of rotatable bonds is 2. The Hall–Kier alpha value is -3.48. The predicted molar refractivity (Wildman–Crippen MR) is 145 cm³/mol. The third-order valence-electron chi connectivity index (χ3n) is 8.03. The van der Waals surface area contributed by atoms with Crippen molar-refractivity contribution in [1.29, 1.82) is 0 Å². The van der Waals surface area contributed by atoms with Crippen LogP contribution in [0.3, 0.4) is 0 Å². The zero-order chi connectivity index (χ0) is 25.5. The molecule has 4 aromatic rings. The molecule has 5 nitrogen and oxygen atoms in total. The van der Waals surface area contributed by atoms with Gasteiger partial charge in [0.15, 0.2) is 0 Å². The molecule has 0 amide bonds. The van der Waals surface area contributed by atoms with Crippen molar-refractivity contribution >= 4 is 26.5 Å². The smallest absolute Gasteiger partial charge is 0.295 e. The predicted octanol–water partition coefficient (Wildman–Crippen LogP) is 4.44. The molecule has 1 N–H and O–H groups in total. The largest absolute Gasteiger partial charge is 0.455 e. The number of aryl methyl sites for hydroxylation is 3. The summed E-state index contributed by atoms with van der Waals surface area (Å²) in [6.45, 7) is 6.01. The summed E-state index contributed by atoms with van der Waals surface area (Å²) in [7, 11) is -4.46. The molecule has 0 atom stereocenters. The summed E-state index contributed by atoms with van der Waals surface area (Å²) < 4.78 is 44.9. The van der Waals surface area contributed by atoms with Crippen LogP contribution in [0.1, 0.15) is 46.2 Å². The number of nitrogens with zero attached hydrogens (tertiary/aromatic N) is 1. The summed E-state index contributed by atoms with van der Waals surface area (Å²) in [5, 5.41) is 4.28. The summed E-state index contributed by atoms with van der Waals surface area (Å²) in [6.07, 6.45) is 4.07. The van der Waals surface area contributed by atoms with Gasteiger partial charge in [-0.05, 0) is 55.8 Å². The Kier molecular flexibility index (Phi) is 4.91. The van der Waals surface area contributed by atoms with Crippen molar-refractivity contribution in [2.24, 2.45) is 0 Å². The van der Waals surface area contributed by atoms with E-state index >= 15 is 0 Å². The first-order valence-electron chi connectivity index (χ1n) is 12.9. The molecule has 0 aliphatic carbocycles. The van der Waals surface area contributed by atoms with Gasteiger partial charge in [-0.1, -0.05) is 42.0 Å². The molecule has 6 heteroatoms. The molecule has 186 valence electrons. The molecule has 3 heterocycles. The summed E-state index contributed by atoms with van der Waals surface area (Å²) >= 11 is 0. The average molecular weight is 511 g/mol. The second kappa shape index (κ2) is 8.01. The summed E-state index contributed by atoms with van der Waals surface area (Å²) in [4.78, 5) is -0.0710. The Morgan fingerprint density at radius 1 is 0.838 bits per heavy atom. The van der Waals surface area contributed by atoms with Crippen LogP contribution in [0, 0.1) is 13.8 Å². The number of ether oxygens (including phenoxy) is 1. The summed E-state index contributed by atoms with van der Waals surface area (Å²) in [5.41, 5.74) is 6.59. The van der Waals surface area contributed by atoms with E-state index in [9.17, 15) is 13.0 Å². The van der Waals surface area contributed by atoms with Gasteiger partial charge in [0, 0.05) is 45.7 Å². The highest BCUT2D eigenvalue weighted by Gasteiger charge is 2.33. The van der Waals surface area contributed by atoms with E-state index in [-0.39, 0.29) is 4.90 Å². The van der Waals surface area contributed by atoms with E-state index in [1.807, 2.05) is 25.1 Å². The van der Waals surface area contributed by atoms with E-state index in [1.54, 1.807) is 6.07 Å². The molecule has 0 saturated heterocycles. The standard InChI is InChI=1S/C31H27NO4S/c1-18-7-10-22-20(15-18)9-12-24-28(23-11-8-19(2)16-27(23)37(33,34)35)26-17-21-5-3-13-32-14-4-6-25(29(21)32)31(26)36-30(22)24/h7-12,15-17H,3-6,13-14H2,1-2H3/p+1. The first kappa shape index (κ1) is 22.7. The lowest BCUT2D eigenvalue weighted by Gasteiger charge is -2.27. The van der Waals surface area contributed by atoms with Crippen LogP contribution in [-0.4, -0.2) is 26.1 Å². The maximum Gasteiger partial charge on any atom is 0.295 e. The molecule has 0 aromatic heterocycles. The Labute approximate surface area is 216 Å². The van der Waals surface area contributed by atoms with Crippen LogP contribution in [0.15, 0.2) is 59.5 Å². The zero-order valence-corrected chi connectivity index (χ0v) is 21.8. The summed E-state index contributed by atoms with van der Waals surface area (Å²) in [6, 6.07) is 17.9. The van der Waals surface area contributed by atoms with Crippen LogP contribution in [0.25, 0.3) is 16.3 Å². The molecule has 37 heavy (non-hydrogen) atoms. The quantitative estimate of drug-likeness (QED) is 0.282. The Bertz CT molecular complexity index is 1900. The highest BCUT2D eigenvalue weighted by Crippen LogP contribution is 2.43. The second-order valence-electron chi connectivity index (χ2n) is 10.6. The van der Waals surface area contributed by atoms with Gasteiger partial charge in [-0.25, -0.2) is 4.58 Å². The molecule has 0 bridgehead atoms. The monoisotopic (exact) mass is 510 g/mol. The van der Waals surface area contributed by atoms with Crippen molar-refractivity contribution < 1.29 is 17.7 Å². The van der Waals surface area contributed by atoms with E-state index in [2.05, 4.69) is 41.8 Å². The number of hydrogen-bond donors (Lipinski definition) is 1. The molecule has 4 aromatic carbocycles. The third kappa shape index (κ3) is 3.46. The van der Waals surface area contributed by atoms with E-state index in [0.717, 1.165) is 83.0 Å². The van der Waals surface area contributed by atoms with Crippen LogP contribution in [0.5, 0.6) is 11.5 Å². The average Bonchev–Trinajstić information content (AvgIpc) is 2.87. The van der Waals surface area contributed by atoms with Crippen LogP contribution in [-0.2, 0) is 23.0 Å². The normalized spacial score (nSPS) is 16.2. The fourth-order valence-electron chi connectivity index (χ4n) is 6.45. The number of fused-ring (bicyclic) bond motifs is 5. The van der Waals surface area contributed by atoms with E-state index in [1.165, 1.54) is 22.0 Å². The zero-order valence-electron chi connectivity index (χ0n) is 21.0. The Balaban J connectivity index is 1.69. The third-order valence-corrected chi connectivity index (χ3v) is 8.92. The first-order chi connectivity index (χ1) is 17.8. The lowest BCUT2D eigenvalue weighted by atomic mass is 9.86. The number of benzene rings is 4. The van der Waals surface area contributed by atoms with E-state index in [4.69, 9.17) is 4.74 Å². The number of hydrogen-bond acceptors (Lipinski definition) is 3. The SMILES string of the molecule is Cc1ccc(C2=c3cc4c5c(c3Oc3c2ccc2cc(C)ccc32)CCC[N+]=5CCC4)c(S(=O)(=O)O)c1. The molecule has 0 spiro atoms. The maximum atomic E-state index is 12.6. The maximum absolute atomic E-state index is 12.6. The van der Waals surface area contributed by atoms with Gasteiger partial charge in [-0.2, -0.15) is 8.42 Å². The minimum absolute atomic E-state index is 0.0710. The van der Waals surface area contributed by atoms with Crippen molar-refractivity contribution in [2.45, 2.75) is 44.4 Å². The van der Waals surface area contributed by atoms with Crippen molar-refractivity contribution in [1.82, 2.24) is 4.58 Å². The van der Waals surface area contributed by atoms with Gasteiger partial charge >= 0.3 is 0 Å². The van der Waals surface area contributed by atoms with Gasteiger partial charge in [-0.15, -0.1) is 0 Å². The molecular formula is C31H28NO4S+. The van der Waals surface area contributed by atoms with Crippen LogP contribution in [0.2, 0.25) is 0 Å². The minimum atomic E-state index is -4.46. The minimum Gasteiger partial charge on any atom is -0.455 e. The van der Waals surface area contributed by atoms with Crippen molar-refractivity contribution in [3.05, 3.63) is 98.6 Å². The molecule has 0 fully saturated rings. The molecule has 0 saturated carbocycles. The fourth-order valence-corrected chi connectivity index (χ4v) is 7.23. The second-order valence-corrected chi connectivity index (χ2v) is 11.9. The van der Waals surface area contributed by atoms with Gasteiger partial charge < -0.3 is 4.74 Å². The Morgan fingerprint density at radius 3 is 2.38 bits per heavy atom. The van der Waals surface area contributed by atoms with Gasteiger partial charge in [0.05, 0.1) is 5.56 Å². The van der Waals surface area contributed by atoms with Gasteiger partial charge in [0.1, 0.15) is 29.5 Å². The molecule has 3 aliphatic rings. The highest BCUT2D eigenvalue weighted by atomic mass is 32.2. The Morgan fingerprint density at radius 2 is 1.57 bits per heavy atom. The van der Waals surface area contributed by atoms with E-state index < -0.39 is 10.1 Å². The van der Waals surface area contributed by atoms with Gasteiger partial charge in [0.2, 0.25) is 5.36 Å². The summed E-state index contributed by atoms with van der Waals surface area (Å²) in [5.74, 6) is 1.56. The van der Waals surface area contributed by atoms with Crippen molar-refractivity contribution in [3.63, 3.8) is 0 Å². The molecule has 0 radical (unpaired) electrons. The molecule has 0 unspecified atom stereocenters. The highest BCUT2D eigenvalue weighted by molar-refractivity contribution is 7.86. The van der Waals surface area contributed by atoms with Gasteiger partial charge in [-0.3, -0.25) is 4.55 Å². The lowest BCUT2D eigenvalue weighted by molar-refractivity contribution is 0.440. The topological polar surface area (TPSA) is 66.6 Å². The van der Waals surface area contributed by atoms with Crippen molar-refractivity contribution in [3.8, 4) is 11.5 Å². The fraction of sp³-hybridized carbons (Fsp3) is 0.258. The van der Waals surface area contributed by atoms with Gasteiger partial charge in [0.25, 0.3) is 10.1 Å².